The Balaban J connectivity index is 0.00000496. The van der Waals surface area contributed by atoms with Crippen LogP contribution in [-0.4, -0.2) is 9.97 Å². The van der Waals surface area contributed by atoms with Gasteiger partial charge < -0.3 is 9.97 Å². The summed E-state index contributed by atoms with van der Waals surface area (Å²) in [5.41, 5.74) is 12.2. The maximum absolute atomic E-state index is 9.19. The van der Waals surface area contributed by atoms with Crippen LogP contribution in [0.2, 0.25) is 0 Å². The van der Waals surface area contributed by atoms with Crippen LogP contribution < -0.4 is 0 Å². The third-order valence-electron chi connectivity index (χ3n) is 10.5. The standard InChI is InChI=1S/C50H44N2.Ir/c1-36-32-38(14-13-37-15-17-41(18-16-37)48-12-6-9-30-51-48)34-44(33-36)47-11-5-4-10-46(47)40-19-21-42(22-20-40)49-35-43(27-31-52-49)39-23-25-45(26-24-39)50(2)28-7-3-8-29-50;/h4-6,9-12,15-17,19-21,23-27,30-35H,3,7-8,13-14,28-29H2,1-2H3;/q-2;/i13D2,14D2;. The van der Waals surface area contributed by atoms with Gasteiger partial charge in [-0.15, -0.1) is 65.2 Å². The number of hydrogen-bond acceptors (Lipinski definition) is 2. The van der Waals surface area contributed by atoms with E-state index < -0.39 is 12.7 Å². The number of aryl methyl sites for hydroxylation is 3. The van der Waals surface area contributed by atoms with Crippen molar-refractivity contribution in [3.05, 3.63) is 180 Å². The van der Waals surface area contributed by atoms with Gasteiger partial charge >= 0.3 is 0 Å². The van der Waals surface area contributed by atoms with E-state index in [1.807, 2.05) is 61.7 Å². The zero-order chi connectivity index (χ0) is 38.9. The topological polar surface area (TPSA) is 25.8 Å². The van der Waals surface area contributed by atoms with Crippen molar-refractivity contribution in [2.24, 2.45) is 0 Å². The fourth-order valence-electron chi connectivity index (χ4n) is 7.52. The molecular formula is C50H44IrN2-2. The van der Waals surface area contributed by atoms with Crippen LogP contribution in [0.4, 0.5) is 0 Å². The Labute approximate surface area is 334 Å². The summed E-state index contributed by atoms with van der Waals surface area (Å²) in [6, 6.07) is 50.1. The van der Waals surface area contributed by atoms with Gasteiger partial charge in [-0.05, 0) is 88.5 Å². The van der Waals surface area contributed by atoms with E-state index in [2.05, 4.69) is 78.6 Å². The monoisotopic (exact) mass is 869 g/mol. The average Bonchev–Trinajstić information content (AvgIpc) is 3.24. The number of nitrogens with zero attached hydrogens (tertiary/aromatic N) is 2. The van der Waals surface area contributed by atoms with Crippen molar-refractivity contribution in [1.82, 2.24) is 9.97 Å². The van der Waals surface area contributed by atoms with Crippen molar-refractivity contribution >= 4 is 0 Å². The quantitative estimate of drug-likeness (QED) is 0.135. The van der Waals surface area contributed by atoms with E-state index in [1.165, 1.54) is 49.3 Å². The molecule has 265 valence electrons. The molecule has 53 heavy (non-hydrogen) atoms. The van der Waals surface area contributed by atoms with Crippen LogP contribution in [0.25, 0.3) is 55.9 Å². The maximum Gasteiger partial charge on any atom is 0.0311 e. The van der Waals surface area contributed by atoms with Crippen molar-refractivity contribution in [3.8, 4) is 55.9 Å². The Kier molecular flexibility index (Phi) is 9.75. The first-order chi connectivity index (χ1) is 27.0. The summed E-state index contributed by atoms with van der Waals surface area (Å²) in [6.07, 6.45) is 5.34. The number of hydrogen-bond donors (Lipinski definition) is 0. The van der Waals surface area contributed by atoms with E-state index in [-0.39, 0.29) is 36.6 Å². The Morgan fingerprint density at radius 2 is 1.26 bits per heavy atom. The Morgan fingerprint density at radius 1 is 0.585 bits per heavy atom. The van der Waals surface area contributed by atoms with E-state index in [0.29, 0.717) is 0 Å². The minimum absolute atomic E-state index is 0. The summed E-state index contributed by atoms with van der Waals surface area (Å²) in [5.74, 6) is 0. The summed E-state index contributed by atoms with van der Waals surface area (Å²) in [6.45, 7) is 4.33. The molecule has 0 N–H and O–H groups in total. The van der Waals surface area contributed by atoms with Crippen LogP contribution >= 0.6 is 0 Å². The molecule has 1 fully saturated rings. The fourth-order valence-corrected chi connectivity index (χ4v) is 7.52. The Morgan fingerprint density at radius 3 is 1.98 bits per heavy atom. The third kappa shape index (κ3) is 8.33. The Hall–Kier alpha value is -4.95. The fraction of sp³-hybridized carbons (Fsp3) is 0.200. The van der Waals surface area contributed by atoms with E-state index in [9.17, 15) is 2.74 Å². The molecule has 0 atom stereocenters. The summed E-state index contributed by atoms with van der Waals surface area (Å²) >= 11 is 0. The predicted octanol–water partition coefficient (Wildman–Crippen LogP) is 12.7. The number of aromatic nitrogens is 2. The van der Waals surface area contributed by atoms with Crippen LogP contribution in [0.1, 0.15) is 66.8 Å². The summed E-state index contributed by atoms with van der Waals surface area (Å²) in [5, 5.41) is 0. The van der Waals surface area contributed by atoms with Gasteiger partial charge in [-0.25, -0.2) is 0 Å². The number of benzene rings is 5. The summed E-state index contributed by atoms with van der Waals surface area (Å²) in [4.78, 5) is 9.06. The number of rotatable bonds is 9. The van der Waals surface area contributed by atoms with Crippen molar-refractivity contribution in [2.45, 2.75) is 64.1 Å². The van der Waals surface area contributed by atoms with Gasteiger partial charge in [0.2, 0.25) is 0 Å². The second-order valence-corrected chi connectivity index (χ2v) is 14.2. The van der Waals surface area contributed by atoms with Gasteiger partial charge in [-0.1, -0.05) is 134 Å². The van der Waals surface area contributed by atoms with Crippen LogP contribution in [0, 0.1) is 19.1 Å². The minimum Gasteiger partial charge on any atom is -0.305 e. The molecule has 0 saturated heterocycles. The smallest absolute Gasteiger partial charge is 0.0311 e. The van der Waals surface area contributed by atoms with Gasteiger partial charge in [0.1, 0.15) is 0 Å². The van der Waals surface area contributed by atoms with Crippen molar-refractivity contribution in [1.29, 1.82) is 0 Å². The van der Waals surface area contributed by atoms with Gasteiger partial charge in [-0.2, -0.15) is 0 Å². The van der Waals surface area contributed by atoms with Gasteiger partial charge in [0.25, 0.3) is 0 Å². The molecule has 0 aliphatic heterocycles. The molecule has 0 bridgehead atoms. The van der Waals surface area contributed by atoms with E-state index >= 15 is 0 Å². The van der Waals surface area contributed by atoms with E-state index in [0.717, 1.165) is 55.9 Å². The molecule has 7 aromatic rings. The molecule has 2 nitrogen and oxygen atoms in total. The molecule has 1 radical (unpaired) electrons. The summed E-state index contributed by atoms with van der Waals surface area (Å²) in [7, 11) is 0. The Bertz CT molecular complexity index is 2460. The molecule has 5 aromatic carbocycles. The van der Waals surface area contributed by atoms with E-state index in [1.54, 1.807) is 30.5 Å². The van der Waals surface area contributed by atoms with Crippen LogP contribution in [0.15, 0.2) is 146 Å². The number of pyridine rings is 2. The van der Waals surface area contributed by atoms with Crippen LogP contribution in [-0.2, 0) is 38.3 Å². The molecule has 2 heterocycles. The van der Waals surface area contributed by atoms with Gasteiger partial charge in [-0.3, -0.25) is 0 Å². The van der Waals surface area contributed by atoms with Gasteiger partial charge in [0.05, 0.1) is 0 Å². The minimum atomic E-state index is -2.35. The first-order valence-corrected chi connectivity index (χ1v) is 18.3. The third-order valence-corrected chi connectivity index (χ3v) is 10.5. The van der Waals surface area contributed by atoms with Crippen molar-refractivity contribution < 1.29 is 25.6 Å². The normalized spacial score (nSPS) is 15.3. The maximum atomic E-state index is 9.19. The molecule has 8 rings (SSSR count). The SMILES string of the molecule is [2H]C([2H])(c1c[c-]c(-c2ccccn2)cc1)C([2H])([2H])c1cc(C)cc(-c2ccccc2-c2c[c-]c(-c3cc(-c4ccc(C5(C)CCCCC5)cc4)ccn3)cc2)c1.[Ir]. The first kappa shape index (κ1) is 31.6. The van der Waals surface area contributed by atoms with Gasteiger partial charge in [0, 0.05) is 38.0 Å². The molecule has 1 aliphatic rings. The molecule has 3 heteroatoms. The summed E-state index contributed by atoms with van der Waals surface area (Å²) < 4.78 is 36.5. The molecule has 0 spiro atoms. The molecular weight excluding hydrogens is 821 g/mol. The second-order valence-electron chi connectivity index (χ2n) is 14.2. The van der Waals surface area contributed by atoms with Crippen molar-refractivity contribution in [3.63, 3.8) is 0 Å². The molecule has 1 aliphatic carbocycles. The van der Waals surface area contributed by atoms with Crippen LogP contribution in [0.3, 0.4) is 0 Å². The predicted molar refractivity (Wildman–Crippen MR) is 216 cm³/mol. The largest absolute Gasteiger partial charge is 0.305 e. The second kappa shape index (κ2) is 16.4. The van der Waals surface area contributed by atoms with Crippen LogP contribution in [0.5, 0.6) is 0 Å². The van der Waals surface area contributed by atoms with Gasteiger partial charge in [0.15, 0.2) is 0 Å². The zero-order valence-corrected chi connectivity index (χ0v) is 32.5. The van der Waals surface area contributed by atoms with Crippen molar-refractivity contribution in [2.75, 3.05) is 0 Å². The molecule has 1 saturated carbocycles. The first-order valence-electron chi connectivity index (χ1n) is 20.3. The molecule has 0 amide bonds. The zero-order valence-electron chi connectivity index (χ0n) is 34.1. The average molecular weight is 869 g/mol. The van der Waals surface area contributed by atoms with E-state index in [4.69, 9.17) is 7.73 Å². The molecule has 2 aromatic heterocycles. The molecule has 0 unspecified atom stereocenters.